The van der Waals surface area contributed by atoms with Crippen LogP contribution in [0.2, 0.25) is 0 Å². The van der Waals surface area contributed by atoms with Crippen LogP contribution in [0.1, 0.15) is 19.8 Å². The first-order valence-corrected chi connectivity index (χ1v) is 4.22. The number of nitrogens with one attached hydrogen (secondary N) is 2. The van der Waals surface area contributed by atoms with E-state index in [1.165, 1.54) is 0 Å². The Labute approximate surface area is 77.5 Å². The van der Waals surface area contributed by atoms with Crippen LogP contribution in [0.3, 0.4) is 0 Å². The molecule has 3 N–H and O–H groups in total. The van der Waals surface area contributed by atoms with Gasteiger partial charge in [-0.25, -0.2) is 0 Å². The van der Waals surface area contributed by atoms with Gasteiger partial charge in [-0.05, 0) is 14.0 Å². The molecular formula is C8H16N2O3. The van der Waals surface area contributed by atoms with Gasteiger partial charge in [-0.1, -0.05) is 0 Å². The van der Waals surface area contributed by atoms with Crippen LogP contribution in [0.15, 0.2) is 0 Å². The molecule has 0 aromatic rings. The highest BCUT2D eigenvalue weighted by molar-refractivity contribution is 5.77. The zero-order valence-electron chi connectivity index (χ0n) is 7.96. The first-order chi connectivity index (χ1) is 6.06. The van der Waals surface area contributed by atoms with Gasteiger partial charge in [-0.2, -0.15) is 0 Å². The molecule has 0 aromatic heterocycles. The van der Waals surface area contributed by atoms with Gasteiger partial charge in [0.1, 0.15) is 0 Å². The van der Waals surface area contributed by atoms with E-state index < -0.39 is 5.97 Å². The normalized spacial score (nSPS) is 12.2. The molecule has 0 fully saturated rings. The predicted molar refractivity (Wildman–Crippen MR) is 48.4 cm³/mol. The number of hydrogen-bond acceptors (Lipinski definition) is 3. The Hall–Kier alpha value is -1.10. The molecule has 0 aliphatic rings. The summed E-state index contributed by atoms with van der Waals surface area (Å²) in [6, 6.07) is -0.304. The molecule has 0 saturated carbocycles. The second kappa shape index (κ2) is 6.42. The van der Waals surface area contributed by atoms with Gasteiger partial charge in [0.05, 0.1) is 6.42 Å². The highest BCUT2D eigenvalue weighted by Gasteiger charge is 2.09. The molecule has 0 aliphatic heterocycles. The largest absolute Gasteiger partial charge is 0.481 e. The summed E-state index contributed by atoms with van der Waals surface area (Å²) in [5.74, 6) is -1.02. The topological polar surface area (TPSA) is 78.4 Å². The summed E-state index contributed by atoms with van der Waals surface area (Å²) >= 11 is 0. The van der Waals surface area contributed by atoms with E-state index in [4.69, 9.17) is 5.11 Å². The van der Waals surface area contributed by atoms with E-state index in [0.717, 1.165) is 0 Å². The van der Waals surface area contributed by atoms with E-state index in [0.29, 0.717) is 13.0 Å². The van der Waals surface area contributed by atoms with Crippen molar-refractivity contribution in [2.24, 2.45) is 0 Å². The second-order valence-electron chi connectivity index (χ2n) is 2.92. The molecule has 5 nitrogen and oxygen atoms in total. The summed E-state index contributed by atoms with van der Waals surface area (Å²) in [6.07, 6.45) is 0.339. The van der Waals surface area contributed by atoms with E-state index in [2.05, 4.69) is 10.6 Å². The molecule has 76 valence electrons. The number of carbonyl (C=O) groups excluding carboxylic acids is 1. The summed E-state index contributed by atoms with van der Waals surface area (Å²) in [4.78, 5) is 21.3. The predicted octanol–water partition coefficient (Wildman–Crippen LogP) is -0.425. The van der Waals surface area contributed by atoms with E-state index >= 15 is 0 Å². The third-order valence-corrected chi connectivity index (χ3v) is 1.49. The van der Waals surface area contributed by atoms with E-state index in [9.17, 15) is 9.59 Å². The monoisotopic (exact) mass is 188 g/mol. The molecule has 1 amide bonds. The van der Waals surface area contributed by atoms with Crippen LogP contribution in [-0.4, -0.2) is 36.6 Å². The first-order valence-electron chi connectivity index (χ1n) is 4.22. The maximum atomic E-state index is 11.0. The lowest BCUT2D eigenvalue weighted by Gasteiger charge is -2.10. The van der Waals surface area contributed by atoms with E-state index in [1.807, 2.05) is 0 Å². The number of carboxylic acids is 1. The number of aliphatic carboxylic acids is 1. The Bertz CT molecular complexity index is 182. The van der Waals surface area contributed by atoms with Gasteiger partial charge in [-0.15, -0.1) is 0 Å². The fourth-order valence-electron chi connectivity index (χ4n) is 0.898. The molecule has 13 heavy (non-hydrogen) atoms. The van der Waals surface area contributed by atoms with Gasteiger partial charge < -0.3 is 15.7 Å². The molecule has 0 aromatic carbocycles. The minimum atomic E-state index is -0.901. The van der Waals surface area contributed by atoms with Gasteiger partial charge in [0.2, 0.25) is 5.91 Å². The Morgan fingerprint density at radius 1 is 1.46 bits per heavy atom. The molecule has 0 rings (SSSR count). The molecule has 0 spiro atoms. The Kier molecular flexibility index (Phi) is 5.88. The Balaban J connectivity index is 3.59. The molecule has 0 aliphatic carbocycles. The van der Waals surface area contributed by atoms with Gasteiger partial charge in [0.15, 0.2) is 0 Å². The number of hydrogen-bond donors (Lipinski definition) is 3. The number of amides is 1. The van der Waals surface area contributed by atoms with Gasteiger partial charge >= 0.3 is 5.97 Å². The van der Waals surface area contributed by atoms with Gasteiger partial charge in [0, 0.05) is 19.0 Å². The molecular weight excluding hydrogens is 172 g/mol. The zero-order chi connectivity index (χ0) is 10.3. The second-order valence-corrected chi connectivity index (χ2v) is 2.92. The highest BCUT2D eigenvalue weighted by atomic mass is 16.4. The van der Waals surface area contributed by atoms with Crippen LogP contribution >= 0.6 is 0 Å². The summed E-state index contributed by atoms with van der Waals surface area (Å²) in [7, 11) is 1.76. The van der Waals surface area contributed by atoms with Crippen molar-refractivity contribution in [3.8, 4) is 0 Å². The fraction of sp³-hybridized carbons (Fsp3) is 0.750. The van der Waals surface area contributed by atoms with Crippen molar-refractivity contribution in [3.63, 3.8) is 0 Å². The summed E-state index contributed by atoms with van der Waals surface area (Å²) in [6.45, 7) is 2.27. The third-order valence-electron chi connectivity index (χ3n) is 1.49. The van der Waals surface area contributed by atoms with Crippen LogP contribution in [0.25, 0.3) is 0 Å². The van der Waals surface area contributed by atoms with Crippen molar-refractivity contribution < 1.29 is 14.7 Å². The average molecular weight is 188 g/mol. The summed E-state index contributed by atoms with van der Waals surface area (Å²) < 4.78 is 0. The van der Waals surface area contributed by atoms with Crippen LogP contribution < -0.4 is 10.6 Å². The molecule has 0 radical (unpaired) electrons. The Morgan fingerprint density at radius 3 is 2.54 bits per heavy atom. The fourth-order valence-corrected chi connectivity index (χ4v) is 0.898. The van der Waals surface area contributed by atoms with Crippen molar-refractivity contribution in [1.29, 1.82) is 0 Å². The molecule has 0 saturated heterocycles. The minimum Gasteiger partial charge on any atom is -0.481 e. The molecule has 0 bridgehead atoms. The van der Waals surface area contributed by atoms with Crippen LogP contribution in [0.4, 0.5) is 0 Å². The van der Waals surface area contributed by atoms with Crippen molar-refractivity contribution in [2.75, 3.05) is 13.6 Å². The number of rotatable bonds is 6. The van der Waals surface area contributed by atoms with Crippen molar-refractivity contribution in [1.82, 2.24) is 10.6 Å². The zero-order valence-corrected chi connectivity index (χ0v) is 7.96. The average Bonchev–Trinajstić information content (AvgIpc) is 1.98. The number of carboxylic acid groups (broad SMARTS) is 1. The third kappa shape index (κ3) is 7.27. The summed E-state index contributed by atoms with van der Waals surface area (Å²) in [5, 5.41) is 13.8. The minimum absolute atomic E-state index is 0.0364. The lowest BCUT2D eigenvalue weighted by Crippen LogP contribution is -2.35. The first kappa shape index (κ1) is 11.9. The Morgan fingerprint density at radius 2 is 2.08 bits per heavy atom. The van der Waals surface area contributed by atoms with E-state index in [-0.39, 0.29) is 18.4 Å². The van der Waals surface area contributed by atoms with Gasteiger partial charge in [0.25, 0.3) is 0 Å². The number of carbonyl (C=O) groups is 2. The lowest BCUT2D eigenvalue weighted by molar-refractivity contribution is -0.137. The maximum Gasteiger partial charge on any atom is 0.305 e. The van der Waals surface area contributed by atoms with Crippen LogP contribution in [0, 0.1) is 0 Å². The SMILES string of the molecule is CNCCC(=O)NC(C)CC(=O)O. The molecule has 1 unspecified atom stereocenters. The van der Waals surface area contributed by atoms with Gasteiger partial charge in [-0.3, -0.25) is 9.59 Å². The van der Waals surface area contributed by atoms with Crippen molar-refractivity contribution >= 4 is 11.9 Å². The quantitative estimate of drug-likeness (QED) is 0.529. The lowest BCUT2D eigenvalue weighted by atomic mass is 10.2. The molecule has 1 atom stereocenters. The molecule has 0 heterocycles. The highest BCUT2D eigenvalue weighted by Crippen LogP contribution is 1.90. The van der Waals surface area contributed by atoms with Crippen LogP contribution in [-0.2, 0) is 9.59 Å². The maximum absolute atomic E-state index is 11.0. The van der Waals surface area contributed by atoms with Crippen molar-refractivity contribution in [3.05, 3.63) is 0 Å². The standard InChI is InChI=1S/C8H16N2O3/c1-6(5-8(12)13)10-7(11)3-4-9-2/h6,9H,3-5H2,1-2H3,(H,10,11)(H,12,13). The van der Waals surface area contributed by atoms with Crippen LogP contribution in [0.5, 0.6) is 0 Å². The van der Waals surface area contributed by atoms with Crippen molar-refractivity contribution in [2.45, 2.75) is 25.8 Å². The molecule has 5 heteroatoms. The van der Waals surface area contributed by atoms with E-state index in [1.54, 1.807) is 14.0 Å². The smallest absolute Gasteiger partial charge is 0.305 e. The summed E-state index contributed by atoms with van der Waals surface area (Å²) in [5.41, 5.74) is 0.